The Morgan fingerprint density at radius 3 is 3.07 bits per heavy atom. The first-order valence-electron chi connectivity index (χ1n) is 5.31. The van der Waals surface area contributed by atoms with Crippen LogP contribution in [0.15, 0.2) is 6.20 Å². The number of aryl methyl sites for hydroxylation is 1. The van der Waals surface area contributed by atoms with Crippen LogP contribution in [0.2, 0.25) is 0 Å². The number of aromatic nitrogens is 3. The summed E-state index contributed by atoms with van der Waals surface area (Å²) in [5.74, 6) is 0.835. The summed E-state index contributed by atoms with van der Waals surface area (Å²) < 4.78 is 1.93. The molecule has 1 heterocycles. The highest BCUT2D eigenvalue weighted by molar-refractivity contribution is 4.93. The topological polar surface area (TPSA) is 50.9 Å². The summed E-state index contributed by atoms with van der Waals surface area (Å²) in [6.45, 7) is 2.82. The molecule has 4 nitrogen and oxygen atoms in total. The van der Waals surface area contributed by atoms with Gasteiger partial charge in [0, 0.05) is 12.7 Å². The smallest absolute Gasteiger partial charge is 0.0828 e. The van der Waals surface area contributed by atoms with Crippen LogP contribution in [0.1, 0.15) is 31.9 Å². The maximum absolute atomic E-state index is 9.12. The molecular formula is C10H17N3O. The molecule has 0 saturated heterocycles. The van der Waals surface area contributed by atoms with Crippen LogP contribution in [0.25, 0.3) is 0 Å². The van der Waals surface area contributed by atoms with Crippen molar-refractivity contribution in [1.29, 1.82) is 0 Å². The molecule has 0 radical (unpaired) electrons. The van der Waals surface area contributed by atoms with E-state index in [4.69, 9.17) is 5.11 Å². The lowest BCUT2D eigenvalue weighted by Crippen LogP contribution is -2.01. The van der Waals surface area contributed by atoms with Gasteiger partial charge in [0.25, 0.3) is 0 Å². The van der Waals surface area contributed by atoms with Crippen LogP contribution >= 0.6 is 0 Å². The van der Waals surface area contributed by atoms with Crippen LogP contribution in [0.5, 0.6) is 0 Å². The van der Waals surface area contributed by atoms with Gasteiger partial charge in [-0.25, -0.2) is 0 Å². The number of aliphatic hydroxyl groups is 1. The lowest BCUT2D eigenvalue weighted by molar-refractivity contribution is 0.184. The second kappa shape index (κ2) is 4.09. The van der Waals surface area contributed by atoms with E-state index in [2.05, 4.69) is 10.3 Å². The summed E-state index contributed by atoms with van der Waals surface area (Å²) in [6, 6.07) is 0. The Kier molecular flexibility index (Phi) is 2.82. The average molecular weight is 195 g/mol. The van der Waals surface area contributed by atoms with Gasteiger partial charge in [-0.3, -0.25) is 4.68 Å². The normalized spacial score (nSPS) is 18.4. The van der Waals surface area contributed by atoms with Gasteiger partial charge in [-0.05, 0) is 38.5 Å². The minimum absolute atomic E-state index is 0.247. The number of hydrogen-bond acceptors (Lipinski definition) is 3. The van der Waals surface area contributed by atoms with Crippen molar-refractivity contribution in [1.82, 2.24) is 15.0 Å². The molecular weight excluding hydrogens is 178 g/mol. The van der Waals surface area contributed by atoms with Crippen molar-refractivity contribution in [2.45, 2.75) is 45.3 Å². The molecule has 0 aromatic carbocycles. The Balaban J connectivity index is 1.82. The quantitative estimate of drug-likeness (QED) is 0.762. The molecule has 1 N–H and O–H groups in total. The number of rotatable bonds is 5. The minimum Gasteiger partial charge on any atom is -0.393 e. The van der Waals surface area contributed by atoms with Crippen molar-refractivity contribution in [3.8, 4) is 0 Å². The van der Waals surface area contributed by atoms with Gasteiger partial charge in [-0.2, -0.15) is 0 Å². The van der Waals surface area contributed by atoms with Crippen LogP contribution < -0.4 is 0 Å². The monoisotopic (exact) mass is 195 g/mol. The van der Waals surface area contributed by atoms with Crippen molar-refractivity contribution in [3.63, 3.8) is 0 Å². The van der Waals surface area contributed by atoms with Gasteiger partial charge < -0.3 is 5.11 Å². The Bertz CT molecular complexity index is 291. The van der Waals surface area contributed by atoms with E-state index >= 15 is 0 Å². The molecule has 78 valence electrons. The van der Waals surface area contributed by atoms with Gasteiger partial charge in [-0.1, -0.05) is 5.21 Å². The zero-order chi connectivity index (χ0) is 9.97. The molecule has 1 fully saturated rings. The lowest BCUT2D eigenvalue weighted by Gasteiger charge is -1.99. The fraction of sp³-hybridized carbons (Fsp3) is 0.800. The van der Waals surface area contributed by atoms with E-state index in [0.717, 1.165) is 31.0 Å². The zero-order valence-electron chi connectivity index (χ0n) is 8.56. The molecule has 4 heteroatoms. The molecule has 0 bridgehead atoms. The fourth-order valence-electron chi connectivity index (χ4n) is 1.46. The largest absolute Gasteiger partial charge is 0.393 e. The number of nitrogens with zero attached hydrogens (tertiary/aromatic N) is 3. The second-order valence-electron chi connectivity index (χ2n) is 4.26. The van der Waals surface area contributed by atoms with Crippen LogP contribution in [-0.4, -0.2) is 26.2 Å². The van der Waals surface area contributed by atoms with Gasteiger partial charge in [0.05, 0.1) is 11.8 Å². The van der Waals surface area contributed by atoms with E-state index in [-0.39, 0.29) is 6.10 Å². The highest BCUT2D eigenvalue weighted by atomic mass is 16.3. The van der Waals surface area contributed by atoms with Crippen molar-refractivity contribution in [3.05, 3.63) is 11.9 Å². The van der Waals surface area contributed by atoms with Gasteiger partial charge in [0.15, 0.2) is 0 Å². The van der Waals surface area contributed by atoms with Crippen molar-refractivity contribution >= 4 is 0 Å². The van der Waals surface area contributed by atoms with E-state index in [1.807, 2.05) is 10.9 Å². The Morgan fingerprint density at radius 2 is 2.43 bits per heavy atom. The Morgan fingerprint density at radius 1 is 1.64 bits per heavy atom. The molecule has 1 aromatic rings. The van der Waals surface area contributed by atoms with Crippen molar-refractivity contribution < 1.29 is 5.11 Å². The third-order valence-corrected chi connectivity index (χ3v) is 2.55. The second-order valence-corrected chi connectivity index (χ2v) is 4.26. The minimum atomic E-state index is -0.247. The predicted molar refractivity (Wildman–Crippen MR) is 52.7 cm³/mol. The number of hydrogen-bond donors (Lipinski definition) is 1. The molecule has 0 spiro atoms. The van der Waals surface area contributed by atoms with E-state index in [1.54, 1.807) is 6.92 Å². The molecule has 0 aliphatic heterocycles. The first-order chi connectivity index (χ1) is 6.74. The van der Waals surface area contributed by atoms with E-state index in [0.29, 0.717) is 0 Å². The molecule has 2 rings (SSSR count). The average Bonchev–Trinajstić information content (AvgIpc) is 2.81. The molecule has 1 unspecified atom stereocenters. The van der Waals surface area contributed by atoms with Gasteiger partial charge >= 0.3 is 0 Å². The molecule has 1 aromatic heterocycles. The molecule has 1 atom stereocenters. The lowest BCUT2D eigenvalue weighted by atomic mass is 10.2. The molecule has 1 saturated carbocycles. The SMILES string of the molecule is CC(O)CCc1cn(CC2CC2)nn1. The summed E-state index contributed by atoms with van der Waals surface area (Å²) >= 11 is 0. The highest BCUT2D eigenvalue weighted by Crippen LogP contribution is 2.30. The molecule has 1 aliphatic carbocycles. The van der Waals surface area contributed by atoms with Crippen LogP contribution in [0, 0.1) is 5.92 Å². The summed E-state index contributed by atoms with van der Waals surface area (Å²) in [5.41, 5.74) is 0.992. The zero-order valence-corrected chi connectivity index (χ0v) is 8.56. The van der Waals surface area contributed by atoms with Crippen molar-refractivity contribution in [2.24, 2.45) is 5.92 Å². The summed E-state index contributed by atoms with van der Waals surface area (Å²) in [5, 5.41) is 17.3. The standard InChI is InChI=1S/C10H17N3O/c1-8(14)2-5-10-7-13(12-11-10)6-9-3-4-9/h7-9,14H,2-6H2,1H3. The first-order valence-corrected chi connectivity index (χ1v) is 5.31. The van der Waals surface area contributed by atoms with Crippen LogP contribution in [0.3, 0.4) is 0 Å². The van der Waals surface area contributed by atoms with Gasteiger partial charge in [0.1, 0.15) is 0 Å². The molecule has 14 heavy (non-hydrogen) atoms. The van der Waals surface area contributed by atoms with E-state index < -0.39 is 0 Å². The predicted octanol–water partition coefficient (Wildman–Crippen LogP) is 1.00. The maximum atomic E-state index is 9.12. The van der Waals surface area contributed by atoms with Crippen LogP contribution in [0.4, 0.5) is 0 Å². The molecule has 0 amide bonds. The van der Waals surface area contributed by atoms with E-state index in [9.17, 15) is 0 Å². The maximum Gasteiger partial charge on any atom is 0.0828 e. The van der Waals surface area contributed by atoms with Crippen molar-refractivity contribution in [2.75, 3.05) is 0 Å². The summed E-state index contributed by atoms with van der Waals surface area (Å²) in [4.78, 5) is 0. The Labute approximate surface area is 83.9 Å². The Hall–Kier alpha value is -0.900. The van der Waals surface area contributed by atoms with Gasteiger partial charge in [0.2, 0.25) is 0 Å². The third kappa shape index (κ3) is 2.80. The summed E-state index contributed by atoms with van der Waals surface area (Å²) in [7, 11) is 0. The fourth-order valence-corrected chi connectivity index (χ4v) is 1.46. The highest BCUT2D eigenvalue weighted by Gasteiger charge is 2.22. The summed E-state index contributed by atoms with van der Waals surface area (Å²) in [6.07, 6.45) is 6.01. The molecule has 1 aliphatic rings. The van der Waals surface area contributed by atoms with Gasteiger partial charge in [-0.15, -0.1) is 5.10 Å². The first kappa shape index (κ1) is 9.65. The van der Waals surface area contributed by atoms with Crippen LogP contribution in [-0.2, 0) is 13.0 Å². The van der Waals surface area contributed by atoms with E-state index in [1.165, 1.54) is 12.8 Å². The third-order valence-electron chi connectivity index (χ3n) is 2.55. The number of aliphatic hydroxyl groups excluding tert-OH is 1.